The molecule has 0 radical (unpaired) electrons. The summed E-state index contributed by atoms with van der Waals surface area (Å²) in [6.45, 7) is 2.22. The standard InChI is InChI=1S/C12H16F5NO7S/c1-4-5-18-9(20)11(12(15,16)17,25-8(19)7(2)3)24-6-10(13,14)26(21,22)23/h2,4-6H2,1,3H3,(H,18,20)(H,21,22,23)/p-1. The molecule has 1 amide bonds. The van der Waals surface area contributed by atoms with Crippen molar-refractivity contribution in [1.29, 1.82) is 0 Å². The van der Waals surface area contributed by atoms with Gasteiger partial charge in [0, 0.05) is 12.1 Å². The van der Waals surface area contributed by atoms with Crippen LogP contribution in [0.15, 0.2) is 12.2 Å². The molecule has 1 N–H and O–H groups in total. The lowest BCUT2D eigenvalue weighted by Crippen LogP contribution is -2.62. The van der Waals surface area contributed by atoms with Crippen molar-refractivity contribution in [3.8, 4) is 0 Å². The monoisotopic (exact) mass is 412 g/mol. The average Bonchev–Trinajstić information content (AvgIpc) is 2.46. The Kier molecular flexibility index (Phi) is 7.69. The molecular weight excluding hydrogens is 397 g/mol. The Hall–Kier alpha value is -1.80. The molecule has 8 nitrogen and oxygen atoms in total. The molecule has 0 heterocycles. The Labute approximate surface area is 145 Å². The van der Waals surface area contributed by atoms with Gasteiger partial charge >= 0.3 is 29.1 Å². The van der Waals surface area contributed by atoms with Gasteiger partial charge in [0.05, 0.1) is 0 Å². The van der Waals surface area contributed by atoms with Gasteiger partial charge in [-0.25, -0.2) is 13.2 Å². The zero-order chi connectivity index (χ0) is 21.0. The molecule has 0 saturated heterocycles. The molecule has 0 bridgehead atoms. The summed E-state index contributed by atoms with van der Waals surface area (Å²) in [6.07, 6.45) is -5.79. The number of ether oxygens (including phenoxy) is 2. The number of nitrogens with one attached hydrogen (secondary N) is 1. The molecule has 0 aromatic heterocycles. The van der Waals surface area contributed by atoms with E-state index in [9.17, 15) is 44.5 Å². The fourth-order valence-electron chi connectivity index (χ4n) is 1.24. The number of rotatable bonds is 9. The number of alkyl halides is 5. The smallest absolute Gasteiger partial charge is 0.466 e. The van der Waals surface area contributed by atoms with Crippen molar-refractivity contribution in [2.45, 2.75) is 37.5 Å². The van der Waals surface area contributed by atoms with Gasteiger partial charge in [0.15, 0.2) is 10.1 Å². The summed E-state index contributed by atoms with van der Waals surface area (Å²) < 4.78 is 105. The summed E-state index contributed by atoms with van der Waals surface area (Å²) >= 11 is 0. The Balaban J connectivity index is 6.06. The van der Waals surface area contributed by atoms with Crippen LogP contribution < -0.4 is 5.32 Å². The van der Waals surface area contributed by atoms with Gasteiger partial charge in [0.25, 0.3) is 0 Å². The van der Waals surface area contributed by atoms with Gasteiger partial charge in [-0.05, 0) is 13.3 Å². The van der Waals surface area contributed by atoms with Crippen molar-refractivity contribution < 1.29 is 54.0 Å². The fraction of sp³-hybridized carbons (Fsp3) is 0.667. The number of hydrogen-bond acceptors (Lipinski definition) is 7. The minimum absolute atomic E-state index is 0.110. The molecule has 1 unspecified atom stereocenters. The second-order valence-electron chi connectivity index (χ2n) is 4.92. The van der Waals surface area contributed by atoms with Crippen molar-refractivity contribution in [3.05, 3.63) is 12.2 Å². The molecule has 0 aromatic carbocycles. The highest BCUT2D eigenvalue weighted by Crippen LogP contribution is 2.37. The van der Waals surface area contributed by atoms with E-state index in [0.717, 1.165) is 6.92 Å². The van der Waals surface area contributed by atoms with E-state index in [-0.39, 0.29) is 13.0 Å². The first kappa shape index (κ1) is 24.2. The van der Waals surface area contributed by atoms with E-state index in [1.165, 1.54) is 6.92 Å². The third-order valence-electron chi connectivity index (χ3n) is 2.60. The second-order valence-corrected chi connectivity index (χ2v) is 6.43. The first-order valence-corrected chi connectivity index (χ1v) is 8.13. The molecule has 152 valence electrons. The van der Waals surface area contributed by atoms with Crippen LogP contribution in [0.2, 0.25) is 0 Å². The molecule has 0 spiro atoms. The van der Waals surface area contributed by atoms with Crippen molar-refractivity contribution in [3.63, 3.8) is 0 Å². The van der Waals surface area contributed by atoms with E-state index in [1.54, 1.807) is 5.32 Å². The summed E-state index contributed by atoms with van der Waals surface area (Å²) in [5.74, 6) is -8.64. The van der Waals surface area contributed by atoms with E-state index >= 15 is 0 Å². The van der Waals surface area contributed by atoms with Gasteiger partial charge in [0.1, 0.15) is 6.61 Å². The molecule has 0 saturated carbocycles. The highest BCUT2D eigenvalue weighted by Gasteiger charge is 2.67. The molecular formula is C12H15F5NO7S-. The van der Waals surface area contributed by atoms with Crippen LogP contribution in [0, 0.1) is 0 Å². The van der Waals surface area contributed by atoms with E-state index in [2.05, 4.69) is 16.1 Å². The highest BCUT2D eigenvalue weighted by atomic mass is 32.2. The van der Waals surface area contributed by atoms with Crippen LogP contribution >= 0.6 is 0 Å². The molecule has 0 aliphatic rings. The predicted molar refractivity (Wildman–Crippen MR) is 73.6 cm³/mol. The Bertz CT molecular complexity index is 661. The van der Waals surface area contributed by atoms with Crippen LogP contribution in [-0.2, 0) is 29.2 Å². The zero-order valence-electron chi connectivity index (χ0n) is 13.5. The predicted octanol–water partition coefficient (Wildman–Crippen LogP) is 1.05. The molecule has 0 rings (SSSR count). The molecule has 0 fully saturated rings. The summed E-state index contributed by atoms with van der Waals surface area (Å²) in [7, 11) is -6.42. The minimum Gasteiger partial charge on any atom is -0.743 e. The quantitative estimate of drug-likeness (QED) is 0.197. The lowest BCUT2D eigenvalue weighted by molar-refractivity contribution is -0.352. The number of amides is 1. The van der Waals surface area contributed by atoms with Crippen LogP contribution in [0.1, 0.15) is 20.3 Å². The maximum absolute atomic E-state index is 13.4. The summed E-state index contributed by atoms with van der Waals surface area (Å²) in [5.41, 5.74) is -0.645. The van der Waals surface area contributed by atoms with Gasteiger partial charge in [-0.15, -0.1) is 0 Å². The molecule has 0 aromatic rings. The van der Waals surface area contributed by atoms with Gasteiger partial charge in [-0.3, -0.25) is 4.79 Å². The maximum Gasteiger partial charge on any atom is 0.466 e. The number of carbonyl (C=O) groups is 2. The van der Waals surface area contributed by atoms with Crippen LogP contribution in [-0.4, -0.2) is 55.2 Å². The first-order valence-electron chi connectivity index (χ1n) is 6.73. The topological polar surface area (TPSA) is 122 Å². The first-order chi connectivity index (χ1) is 11.5. The number of hydrogen-bond donors (Lipinski definition) is 1. The van der Waals surface area contributed by atoms with Crippen molar-refractivity contribution in [2.75, 3.05) is 13.2 Å². The van der Waals surface area contributed by atoms with Gasteiger partial charge in [-0.1, -0.05) is 13.5 Å². The SMILES string of the molecule is C=C(C)C(=O)OC(OCC(F)(F)S(=O)(=O)[O-])(C(=O)NCCC)C(F)(F)F. The third-order valence-corrected chi connectivity index (χ3v) is 3.45. The molecule has 14 heteroatoms. The highest BCUT2D eigenvalue weighted by molar-refractivity contribution is 7.86. The summed E-state index contributed by atoms with van der Waals surface area (Å²) in [4.78, 5) is 23.3. The largest absolute Gasteiger partial charge is 0.743 e. The molecule has 0 aliphatic heterocycles. The Morgan fingerprint density at radius 1 is 1.19 bits per heavy atom. The van der Waals surface area contributed by atoms with E-state index in [4.69, 9.17) is 0 Å². The third kappa shape index (κ3) is 5.60. The number of carbonyl (C=O) groups excluding carboxylic acids is 2. The van der Waals surface area contributed by atoms with Crippen LogP contribution in [0.25, 0.3) is 0 Å². The van der Waals surface area contributed by atoms with E-state index < -0.39 is 51.4 Å². The van der Waals surface area contributed by atoms with E-state index in [0.29, 0.717) is 0 Å². The molecule has 1 atom stereocenters. The van der Waals surface area contributed by atoms with Crippen molar-refractivity contribution >= 4 is 22.0 Å². The fourth-order valence-corrected chi connectivity index (χ4v) is 1.44. The summed E-state index contributed by atoms with van der Waals surface area (Å²) in [5, 5.41) is -3.69. The minimum atomic E-state index is -6.42. The van der Waals surface area contributed by atoms with Gasteiger partial charge in [0.2, 0.25) is 0 Å². The van der Waals surface area contributed by atoms with E-state index in [1.807, 2.05) is 0 Å². The van der Waals surface area contributed by atoms with Gasteiger partial charge < -0.3 is 19.3 Å². The number of halogens is 5. The Morgan fingerprint density at radius 3 is 2.04 bits per heavy atom. The molecule has 26 heavy (non-hydrogen) atoms. The van der Waals surface area contributed by atoms with Gasteiger partial charge in [-0.2, -0.15) is 22.0 Å². The zero-order valence-corrected chi connectivity index (χ0v) is 14.3. The maximum atomic E-state index is 13.4. The van der Waals surface area contributed by atoms with Crippen molar-refractivity contribution in [1.82, 2.24) is 5.32 Å². The van der Waals surface area contributed by atoms with Crippen LogP contribution in [0.3, 0.4) is 0 Å². The van der Waals surface area contributed by atoms with Crippen molar-refractivity contribution in [2.24, 2.45) is 0 Å². The Morgan fingerprint density at radius 2 is 1.69 bits per heavy atom. The summed E-state index contributed by atoms with van der Waals surface area (Å²) in [6, 6.07) is 0. The second kappa shape index (κ2) is 8.26. The number of esters is 1. The van der Waals surface area contributed by atoms with Crippen LogP contribution in [0.5, 0.6) is 0 Å². The molecule has 0 aliphatic carbocycles. The normalized spacial score (nSPS) is 15.1. The lowest BCUT2D eigenvalue weighted by Gasteiger charge is -2.34. The van der Waals surface area contributed by atoms with Crippen LogP contribution in [0.4, 0.5) is 22.0 Å². The lowest BCUT2D eigenvalue weighted by atomic mass is 10.2. The average molecular weight is 412 g/mol.